The molecular formula is C21H22F2N6O3. The largest absolute Gasteiger partial charge is 0.368 e. The third-order valence-corrected chi connectivity index (χ3v) is 6.00. The van der Waals surface area contributed by atoms with E-state index in [1.54, 1.807) is 25.3 Å². The molecule has 0 saturated carbocycles. The number of halogens is 2. The van der Waals surface area contributed by atoms with Crippen LogP contribution in [0.3, 0.4) is 0 Å². The van der Waals surface area contributed by atoms with Crippen molar-refractivity contribution < 1.29 is 18.0 Å². The van der Waals surface area contributed by atoms with Crippen molar-refractivity contribution >= 4 is 5.69 Å². The van der Waals surface area contributed by atoms with E-state index in [0.29, 0.717) is 48.6 Å². The zero-order valence-electron chi connectivity index (χ0n) is 17.5. The van der Waals surface area contributed by atoms with E-state index >= 15 is 0 Å². The molecule has 1 spiro atoms. The van der Waals surface area contributed by atoms with Gasteiger partial charge in [-0.25, -0.2) is 13.5 Å². The minimum Gasteiger partial charge on any atom is -0.368 e. The molecule has 5 heterocycles. The molecule has 3 aromatic rings. The van der Waals surface area contributed by atoms with Crippen molar-refractivity contribution in [2.75, 3.05) is 24.6 Å². The summed E-state index contributed by atoms with van der Waals surface area (Å²) in [6.45, 7) is 2.23. The summed E-state index contributed by atoms with van der Waals surface area (Å²) >= 11 is 0. The Morgan fingerprint density at radius 1 is 1.28 bits per heavy atom. The van der Waals surface area contributed by atoms with Gasteiger partial charge in [0.25, 0.3) is 5.56 Å². The molecule has 11 heteroatoms. The monoisotopic (exact) mass is 444 g/mol. The first-order chi connectivity index (χ1) is 15.5. The molecule has 1 atom stereocenters. The SMILES string of the molecule is Cc1ccc(-c2noc(CF)c2Cn2ncc(N3CC4(CCC(F)CO4)C3)cc2=O)nn1. The minimum absolute atomic E-state index is 0.0162. The van der Waals surface area contributed by atoms with Crippen LogP contribution in [0.1, 0.15) is 29.9 Å². The molecule has 0 aliphatic carbocycles. The highest BCUT2D eigenvalue weighted by atomic mass is 19.1. The molecule has 2 saturated heterocycles. The summed E-state index contributed by atoms with van der Waals surface area (Å²) in [5.74, 6) is 0.0189. The Morgan fingerprint density at radius 3 is 2.78 bits per heavy atom. The molecule has 9 nitrogen and oxygen atoms in total. The molecule has 0 N–H and O–H groups in total. The number of aromatic nitrogens is 5. The van der Waals surface area contributed by atoms with Crippen molar-refractivity contribution in [3.8, 4) is 11.4 Å². The van der Waals surface area contributed by atoms with E-state index < -0.39 is 12.8 Å². The van der Waals surface area contributed by atoms with Gasteiger partial charge >= 0.3 is 0 Å². The Kier molecular flexibility index (Phi) is 5.20. The van der Waals surface area contributed by atoms with Crippen LogP contribution in [0.2, 0.25) is 0 Å². The number of nitrogens with zero attached hydrogens (tertiary/aromatic N) is 6. The lowest BCUT2D eigenvalue weighted by Crippen LogP contribution is -2.65. The summed E-state index contributed by atoms with van der Waals surface area (Å²) in [5.41, 5.74) is 1.87. The molecule has 2 aliphatic heterocycles. The number of hydrogen-bond acceptors (Lipinski definition) is 8. The number of aryl methyl sites for hydroxylation is 1. The first-order valence-electron chi connectivity index (χ1n) is 10.4. The number of ether oxygens (including phenoxy) is 1. The predicted octanol–water partition coefficient (Wildman–Crippen LogP) is 2.22. The Bertz CT molecular complexity index is 1160. The van der Waals surface area contributed by atoms with Crippen LogP contribution in [-0.2, 0) is 18.0 Å². The van der Waals surface area contributed by atoms with Crippen LogP contribution in [0.4, 0.5) is 14.5 Å². The third-order valence-electron chi connectivity index (χ3n) is 6.00. The number of hydrogen-bond donors (Lipinski definition) is 0. The fourth-order valence-electron chi connectivity index (χ4n) is 4.13. The second-order valence-corrected chi connectivity index (χ2v) is 8.32. The summed E-state index contributed by atoms with van der Waals surface area (Å²) in [7, 11) is 0. The van der Waals surface area contributed by atoms with Crippen LogP contribution in [0.25, 0.3) is 11.4 Å². The van der Waals surface area contributed by atoms with Gasteiger partial charge in [-0.05, 0) is 31.9 Å². The van der Waals surface area contributed by atoms with Crippen LogP contribution in [0, 0.1) is 6.92 Å². The zero-order valence-corrected chi connectivity index (χ0v) is 17.5. The standard InChI is InChI=1S/C21H22F2N6O3/c1-13-2-3-17(26-25-13)20-16(18(7-22)32-27-20)9-29-19(30)6-15(8-24-29)28-11-21(12-28)5-4-14(23)10-31-21/h2-3,6,8,14H,4-5,7,9-12H2,1H3. The maximum atomic E-state index is 13.5. The fourth-order valence-corrected chi connectivity index (χ4v) is 4.13. The van der Waals surface area contributed by atoms with Gasteiger partial charge in [-0.1, -0.05) is 5.16 Å². The number of alkyl halides is 2. The second kappa shape index (κ2) is 8.05. The Labute approximate surface area is 182 Å². The quantitative estimate of drug-likeness (QED) is 0.591. The van der Waals surface area contributed by atoms with Crippen molar-refractivity contribution in [3.63, 3.8) is 0 Å². The average Bonchev–Trinajstić information content (AvgIpc) is 3.17. The predicted molar refractivity (Wildman–Crippen MR) is 110 cm³/mol. The lowest BCUT2D eigenvalue weighted by atomic mass is 9.85. The maximum Gasteiger partial charge on any atom is 0.269 e. The molecule has 0 aromatic carbocycles. The second-order valence-electron chi connectivity index (χ2n) is 8.32. The summed E-state index contributed by atoms with van der Waals surface area (Å²) in [4.78, 5) is 14.7. The van der Waals surface area contributed by atoms with Gasteiger partial charge in [-0.15, -0.1) is 5.10 Å². The van der Waals surface area contributed by atoms with Crippen molar-refractivity contribution in [1.29, 1.82) is 0 Å². The van der Waals surface area contributed by atoms with E-state index in [9.17, 15) is 13.6 Å². The van der Waals surface area contributed by atoms with Gasteiger partial charge in [0.1, 0.15) is 23.2 Å². The molecule has 0 bridgehead atoms. The van der Waals surface area contributed by atoms with Crippen molar-refractivity contribution in [3.05, 3.63) is 51.8 Å². The molecule has 0 radical (unpaired) electrons. The molecule has 32 heavy (non-hydrogen) atoms. The smallest absolute Gasteiger partial charge is 0.269 e. The molecule has 5 rings (SSSR count). The lowest BCUT2D eigenvalue weighted by Gasteiger charge is -2.52. The molecule has 0 amide bonds. The normalized spacial score (nSPS) is 19.8. The summed E-state index contributed by atoms with van der Waals surface area (Å²) in [6, 6.07) is 4.95. The van der Waals surface area contributed by atoms with Gasteiger partial charge in [0.05, 0.1) is 30.7 Å². The van der Waals surface area contributed by atoms with Gasteiger partial charge in [0.2, 0.25) is 0 Å². The van der Waals surface area contributed by atoms with E-state index in [0.717, 1.165) is 5.69 Å². The summed E-state index contributed by atoms with van der Waals surface area (Å²) in [5, 5.41) is 16.3. The maximum absolute atomic E-state index is 13.5. The van der Waals surface area contributed by atoms with Gasteiger partial charge in [-0.3, -0.25) is 4.79 Å². The van der Waals surface area contributed by atoms with E-state index in [4.69, 9.17) is 9.26 Å². The van der Waals surface area contributed by atoms with Crippen LogP contribution in [-0.4, -0.2) is 56.6 Å². The molecular weight excluding hydrogens is 422 g/mol. The Balaban J connectivity index is 1.34. The molecule has 2 fully saturated rings. The third kappa shape index (κ3) is 3.77. The van der Waals surface area contributed by atoms with Gasteiger partial charge in [0, 0.05) is 24.7 Å². The van der Waals surface area contributed by atoms with E-state index in [1.165, 1.54) is 10.7 Å². The van der Waals surface area contributed by atoms with E-state index in [2.05, 4.69) is 20.5 Å². The van der Waals surface area contributed by atoms with Crippen LogP contribution >= 0.6 is 0 Å². The molecule has 1 unspecified atom stereocenters. The van der Waals surface area contributed by atoms with E-state index in [-0.39, 0.29) is 30.1 Å². The number of rotatable bonds is 5. The highest BCUT2D eigenvalue weighted by Crippen LogP contribution is 2.37. The van der Waals surface area contributed by atoms with Gasteiger partial charge in [0.15, 0.2) is 12.4 Å². The van der Waals surface area contributed by atoms with E-state index in [1.807, 2.05) is 4.90 Å². The van der Waals surface area contributed by atoms with Crippen molar-refractivity contribution in [1.82, 2.24) is 25.1 Å². The topological polar surface area (TPSA) is 99.2 Å². The lowest BCUT2D eigenvalue weighted by molar-refractivity contribution is -0.120. The Morgan fingerprint density at radius 2 is 2.12 bits per heavy atom. The van der Waals surface area contributed by atoms with Crippen LogP contribution < -0.4 is 10.5 Å². The minimum atomic E-state index is -0.900. The van der Waals surface area contributed by atoms with Gasteiger partial charge in [-0.2, -0.15) is 10.2 Å². The van der Waals surface area contributed by atoms with Crippen LogP contribution in [0.5, 0.6) is 0 Å². The summed E-state index contributed by atoms with van der Waals surface area (Å²) < 4.78 is 38.9. The van der Waals surface area contributed by atoms with Gasteiger partial charge < -0.3 is 14.2 Å². The molecule has 3 aromatic heterocycles. The zero-order chi connectivity index (χ0) is 22.3. The molecule has 2 aliphatic rings. The Hall–Kier alpha value is -3.21. The van der Waals surface area contributed by atoms with Crippen molar-refractivity contribution in [2.24, 2.45) is 0 Å². The first kappa shape index (κ1) is 20.7. The highest BCUT2D eigenvalue weighted by molar-refractivity contribution is 5.58. The highest BCUT2D eigenvalue weighted by Gasteiger charge is 2.47. The summed E-state index contributed by atoms with van der Waals surface area (Å²) in [6.07, 6.45) is 1.85. The van der Waals surface area contributed by atoms with Crippen LogP contribution in [0.15, 0.2) is 33.7 Å². The average molecular weight is 444 g/mol. The first-order valence-corrected chi connectivity index (χ1v) is 10.4. The fraction of sp³-hybridized carbons (Fsp3) is 0.476. The van der Waals surface area contributed by atoms with Crippen molar-refractivity contribution in [2.45, 2.75) is 44.8 Å². The molecule has 168 valence electrons. The number of anilines is 1.